The fourth-order valence-electron chi connectivity index (χ4n) is 2.97. The SMILES string of the molecule is C[C@](NC(=O)[C@@H]1C[C@@H]1c1cccc(F)c1F)(C(=O)O)C1CC1. The quantitative estimate of drug-likeness (QED) is 0.878. The van der Waals surface area contributed by atoms with Crippen molar-refractivity contribution in [3.05, 3.63) is 35.4 Å². The van der Waals surface area contributed by atoms with Gasteiger partial charge >= 0.3 is 5.97 Å². The molecular weight excluding hydrogens is 292 g/mol. The first-order valence-corrected chi connectivity index (χ1v) is 7.34. The molecule has 2 aliphatic carbocycles. The monoisotopic (exact) mass is 309 g/mol. The summed E-state index contributed by atoms with van der Waals surface area (Å²) in [6.45, 7) is 1.51. The van der Waals surface area contributed by atoms with Crippen LogP contribution >= 0.6 is 0 Å². The van der Waals surface area contributed by atoms with Gasteiger partial charge in [0.1, 0.15) is 5.54 Å². The number of aliphatic carboxylic acids is 1. The van der Waals surface area contributed by atoms with Crippen LogP contribution in [0.2, 0.25) is 0 Å². The zero-order valence-corrected chi connectivity index (χ0v) is 12.1. The Morgan fingerprint density at radius 3 is 2.59 bits per heavy atom. The second-order valence-electron chi connectivity index (χ2n) is 6.36. The number of carbonyl (C=O) groups is 2. The molecule has 2 saturated carbocycles. The number of hydrogen-bond donors (Lipinski definition) is 2. The summed E-state index contributed by atoms with van der Waals surface area (Å²) in [7, 11) is 0. The Kier molecular flexibility index (Phi) is 3.42. The Hall–Kier alpha value is -1.98. The fourth-order valence-corrected chi connectivity index (χ4v) is 2.97. The van der Waals surface area contributed by atoms with Gasteiger partial charge in [-0.15, -0.1) is 0 Å². The molecule has 2 fully saturated rings. The number of carboxylic acid groups (broad SMARTS) is 1. The van der Waals surface area contributed by atoms with Gasteiger partial charge in [0.2, 0.25) is 5.91 Å². The van der Waals surface area contributed by atoms with Crippen LogP contribution in [0.4, 0.5) is 8.78 Å². The topological polar surface area (TPSA) is 66.4 Å². The number of hydrogen-bond acceptors (Lipinski definition) is 2. The van der Waals surface area contributed by atoms with E-state index in [1.54, 1.807) is 0 Å². The van der Waals surface area contributed by atoms with Crippen LogP contribution in [0.5, 0.6) is 0 Å². The van der Waals surface area contributed by atoms with Crippen LogP contribution < -0.4 is 5.32 Å². The van der Waals surface area contributed by atoms with Gasteiger partial charge in [0, 0.05) is 5.92 Å². The molecule has 0 heterocycles. The lowest BCUT2D eigenvalue weighted by Gasteiger charge is -2.26. The lowest BCUT2D eigenvalue weighted by atomic mass is 9.95. The maximum Gasteiger partial charge on any atom is 0.329 e. The first-order valence-electron chi connectivity index (χ1n) is 7.34. The van der Waals surface area contributed by atoms with E-state index < -0.39 is 35.0 Å². The predicted octanol–water partition coefficient (Wildman–Crippen LogP) is 2.44. The van der Waals surface area contributed by atoms with Crippen molar-refractivity contribution >= 4 is 11.9 Å². The van der Waals surface area contributed by atoms with Gasteiger partial charge in [0.15, 0.2) is 11.6 Å². The van der Waals surface area contributed by atoms with Crippen LogP contribution in [0.15, 0.2) is 18.2 Å². The lowest BCUT2D eigenvalue weighted by molar-refractivity contribution is -0.148. The summed E-state index contributed by atoms with van der Waals surface area (Å²) in [5.41, 5.74) is -1.09. The van der Waals surface area contributed by atoms with Gasteiger partial charge in [-0.3, -0.25) is 4.79 Å². The summed E-state index contributed by atoms with van der Waals surface area (Å²) in [4.78, 5) is 23.7. The second-order valence-corrected chi connectivity index (χ2v) is 6.36. The van der Waals surface area contributed by atoms with Gasteiger partial charge in [-0.05, 0) is 49.7 Å². The van der Waals surface area contributed by atoms with Crippen molar-refractivity contribution < 1.29 is 23.5 Å². The van der Waals surface area contributed by atoms with Crippen molar-refractivity contribution in [1.29, 1.82) is 0 Å². The summed E-state index contributed by atoms with van der Waals surface area (Å²) >= 11 is 0. The van der Waals surface area contributed by atoms with Gasteiger partial charge in [-0.2, -0.15) is 0 Å². The Labute approximate surface area is 126 Å². The first-order chi connectivity index (χ1) is 10.3. The number of carbonyl (C=O) groups excluding carboxylic acids is 1. The molecule has 2 aliphatic rings. The molecular formula is C16H17F2NO3. The van der Waals surface area contributed by atoms with Crippen LogP contribution in [0.3, 0.4) is 0 Å². The molecule has 0 aliphatic heterocycles. The van der Waals surface area contributed by atoms with E-state index in [2.05, 4.69) is 5.32 Å². The highest BCUT2D eigenvalue weighted by Crippen LogP contribution is 2.49. The number of carboxylic acids is 1. The molecule has 3 atom stereocenters. The third-order valence-corrected chi connectivity index (χ3v) is 4.73. The largest absolute Gasteiger partial charge is 0.480 e. The third kappa shape index (κ3) is 2.46. The summed E-state index contributed by atoms with van der Waals surface area (Å²) in [6, 6.07) is 3.91. The van der Waals surface area contributed by atoms with E-state index in [9.17, 15) is 23.5 Å². The molecule has 0 saturated heterocycles. The smallest absolute Gasteiger partial charge is 0.329 e. The number of nitrogens with one attached hydrogen (secondary N) is 1. The molecule has 0 aromatic heterocycles. The number of rotatable bonds is 5. The maximum absolute atomic E-state index is 13.7. The minimum Gasteiger partial charge on any atom is -0.480 e. The minimum atomic E-state index is -1.27. The van der Waals surface area contributed by atoms with Crippen LogP contribution in [0, 0.1) is 23.5 Å². The fraction of sp³-hybridized carbons (Fsp3) is 0.500. The van der Waals surface area contributed by atoms with E-state index in [-0.39, 0.29) is 17.4 Å². The van der Waals surface area contributed by atoms with Crippen LogP contribution in [-0.4, -0.2) is 22.5 Å². The van der Waals surface area contributed by atoms with Crippen molar-refractivity contribution in [2.75, 3.05) is 0 Å². The van der Waals surface area contributed by atoms with Crippen molar-refractivity contribution in [2.45, 2.75) is 37.6 Å². The Bertz CT molecular complexity index is 644. The zero-order chi connectivity index (χ0) is 16.1. The van der Waals surface area contributed by atoms with E-state index >= 15 is 0 Å². The van der Waals surface area contributed by atoms with E-state index in [0.29, 0.717) is 6.42 Å². The predicted molar refractivity (Wildman–Crippen MR) is 74.1 cm³/mol. The van der Waals surface area contributed by atoms with Crippen LogP contribution in [0.1, 0.15) is 37.7 Å². The molecule has 1 aromatic carbocycles. The Morgan fingerprint density at radius 1 is 1.32 bits per heavy atom. The van der Waals surface area contributed by atoms with E-state index in [1.165, 1.54) is 19.1 Å². The summed E-state index contributed by atoms with van der Waals surface area (Å²) < 4.78 is 27.0. The number of amides is 1. The molecule has 0 unspecified atom stereocenters. The van der Waals surface area contributed by atoms with Crippen molar-refractivity contribution in [3.8, 4) is 0 Å². The van der Waals surface area contributed by atoms with Crippen LogP contribution in [0.25, 0.3) is 0 Å². The molecule has 4 nitrogen and oxygen atoms in total. The molecule has 118 valence electrons. The first kappa shape index (κ1) is 14.9. The van der Waals surface area contributed by atoms with Crippen molar-refractivity contribution in [1.82, 2.24) is 5.32 Å². The highest BCUT2D eigenvalue weighted by molar-refractivity contribution is 5.90. The summed E-state index contributed by atoms with van der Waals surface area (Å²) in [6.07, 6.45) is 1.96. The molecule has 0 radical (unpaired) electrons. The summed E-state index contributed by atoms with van der Waals surface area (Å²) in [5.74, 6) is -4.25. The minimum absolute atomic E-state index is 0.0583. The van der Waals surface area contributed by atoms with E-state index in [1.807, 2.05) is 0 Å². The molecule has 3 rings (SSSR count). The van der Waals surface area contributed by atoms with Gasteiger partial charge in [0.25, 0.3) is 0 Å². The van der Waals surface area contributed by atoms with Crippen molar-refractivity contribution in [3.63, 3.8) is 0 Å². The molecule has 2 N–H and O–H groups in total. The van der Waals surface area contributed by atoms with Gasteiger partial charge in [-0.25, -0.2) is 13.6 Å². The number of halogens is 2. The number of benzene rings is 1. The van der Waals surface area contributed by atoms with E-state index in [0.717, 1.165) is 18.9 Å². The lowest BCUT2D eigenvalue weighted by Crippen LogP contribution is -2.54. The third-order valence-electron chi connectivity index (χ3n) is 4.73. The van der Waals surface area contributed by atoms with Crippen LogP contribution in [-0.2, 0) is 9.59 Å². The standard InChI is InChI=1S/C16H17F2NO3/c1-16(15(21)22,8-5-6-8)19-14(20)11-7-10(11)9-3-2-4-12(17)13(9)18/h2-4,8,10-11H,5-7H2,1H3,(H,19,20)(H,21,22)/t10-,11-,16-/m1/s1. The van der Waals surface area contributed by atoms with Gasteiger partial charge < -0.3 is 10.4 Å². The Morgan fingerprint density at radius 2 is 2.00 bits per heavy atom. The van der Waals surface area contributed by atoms with Crippen molar-refractivity contribution in [2.24, 2.45) is 11.8 Å². The molecule has 1 aromatic rings. The average molecular weight is 309 g/mol. The highest BCUT2D eigenvalue weighted by Gasteiger charge is 2.52. The average Bonchev–Trinajstić information content (AvgIpc) is 3.34. The Balaban J connectivity index is 1.70. The molecule has 0 spiro atoms. The van der Waals surface area contributed by atoms with E-state index in [4.69, 9.17) is 0 Å². The maximum atomic E-state index is 13.7. The summed E-state index contributed by atoms with van der Waals surface area (Å²) in [5, 5.41) is 11.9. The second kappa shape index (κ2) is 5.04. The molecule has 6 heteroatoms. The molecule has 1 amide bonds. The molecule has 22 heavy (non-hydrogen) atoms. The highest BCUT2D eigenvalue weighted by atomic mass is 19.2. The van der Waals surface area contributed by atoms with Gasteiger partial charge in [0.05, 0.1) is 0 Å². The zero-order valence-electron chi connectivity index (χ0n) is 12.1. The molecule has 0 bridgehead atoms. The van der Waals surface area contributed by atoms with Gasteiger partial charge in [-0.1, -0.05) is 12.1 Å². The normalized spacial score (nSPS) is 26.1.